The Morgan fingerprint density at radius 3 is 2.86 bits per heavy atom. The maximum absolute atomic E-state index is 6.12. The predicted octanol–water partition coefficient (Wildman–Crippen LogP) is 3.84. The Balaban J connectivity index is 2.59. The molecule has 2 aromatic rings. The van der Waals surface area contributed by atoms with Crippen molar-refractivity contribution in [1.29, 1.82) is 0 Å². The van der Waals surface area contributed by atoms with Gasteiger partial charge in [-0.3, -0.25) is 4.98 Å². The average molecular weight is 206 g/mol. The number of halogens is 1. The number of hydrogen-bond donors (Lipinski definition) is 0. The third-order valence-electron chi connectivity index (χ3n) is 2.24. The van der Waals surface area contributed by atoms with Gasteiger partial charge in [0, 0.05) is 5.39 Å². The maximum Gasteiger partial charge on any atom is 0.0706 e. The minimum atomic E-state index is 0.783. The third kappa shape index (κ3) is 1.73. The first-order valence-corrected chi connectivity index (χ1v) is 5.23. The number of benzene rings is 1. The molecule has 0 aliphatic heterocycles. The Labute approximate surface area is 88.7 Å². The summed E-state index contributed by atoms with van der Waals surface area (Å²) in [5.41, 5.74) is 2.04. The number of nitrogens with zero attached hydrogens (tertiary/aromatic N) is 1. The standard InChI is InChI=1S/C12H12ClN/c1-2-5-12-10(13)8-9-6-3-4-7-11(9)14-12/h3-4,6-8H,2,5H2,1H3. The summed E-state index contributed by atoms with van der Waals surface area (Å²) in [6.45, 7) is 2.13. The largest absolute Gasteiger partial charge is 0.251 e. The molecule has 1 aromatic heterocycles. The van der Waals surface area contributed by atoms with Gasteiger partial charge in [0.25, 0.3) is 0 Å². The van der Waals surface area contributed by atoms with E-state index in [0.717, 1.165) is 34.5 Å². The lowest BCUT2D eigenvalue weighted by Crippen LogP contribution is -1.91. The molecule has 0 fully saturated rings. The highest BCUT2D eigenvalue weighted by Gasteiger charge is 2.03. The van der Waals surface area contributed by atoms with Crippen LogP contribution in [0.1, 0.15) is 19.0 Å². The van der Waals surface area contributed by atoms with Crippen LogP contribution in [0.2, 0.25) is 5.02 Å². The molecular formula is C12H12ClN. The second-order valence-corrected chi connectivity index (χ2v) is 3.77. The number of hydrogen-bond acceptors (Lipinski definition) is 1. The van der Waals surface area contributed by atoms with Gasteiger partial charge in [0.05, 0.1) is 16.2 Å². The molecule has 0 aliphatic carbocycles. The molecule has 0 N–H and O–H groups in total. The lowest BCUT2D eigenvalue weighted by Gasteiger charge is -2.03. The molecule has 0 bridgehead atoms. The summed E-state index contributed by atoms with van der Waals surface area (Å²) < 4.78 is 0. The zero-order valence-electron chi connectivity index (χ0n) is 8.13. The molecule has 1 aromatic carbocycles. The Kier molecular flexibility index (Phi) is 2.69. The zero-order chi connectivity index (χ0) is 9.97. The SMILES string of the molecule is CCCc1nc2ccccc2cc1Cl. The highest BCUT2D eigenvalue weighted by Crippen LogP contribution is 2.21. The van der Waals surface area contributed by atoms with E-state index in [2.05, 4.69) is 11.9 Å². The van der Waals surface area contributed by atoms with Gasteiger partial charge in [-0.2, -0.15) is 0 Å². The van der Waals surface area contributed by atoms with Gasteiger partial charge in [0.2, 0.25) is 0 Å². The van der Waals surface area contributed by atoms with Crippen molar-refractivity contribution in [3.05, 3.63) is 41.0 Å². The second kappa shape index (κ2) is 3.97. The van der Waals surface area contributed by atoms with Gasteiger partial charge in [-0.25, -0.2) is 0 Å². The van der Waals surface area contributed by atoms with E-state index in [1.54, 1.807) is 0 Å². The summed E-state index contributed by atoms with van der Waals surface area (Å²) in [7, 11) is 0. The van der Waals surface area contributed by atoms with Crippen LogP contribution >= 0.6 is 11.6 Å². The van der Waals surface area contributed by atoms with Crippen LogP contribution in [0.3, 0.4) is 0 Å². The van der Waals surface area contributed by atoms with E-state index >= 15 is 0 Å². The first-order valence-electron chi connectivity index (χ1n) is 4.85. The van der Waals surface area contributed by atoms with E-state index in [-0.39, 0.29) is 0 Å². The van der Waals surface area contributed by atoms with Crippen LogP contribution in [0.15, 0.2) is 30.3 Å². The quantitative estimate of drug-likeness (QED) is 0.726. The fraction of sp³-hybridized carbons (Fsp3) is 0.250. The van der Waals surface area contributed by atoms with E-state index < -0.39 is 0 Å². The summed E-state index contributed by atoms with van der Waals surface area (Å²) in [5, 5.41) is 1.89. The number of aromatic nitrogens is 1. The van der Waals surface area contributed by atoms with Crippen LogP contribution in [0, 0.1) is 0 Å². The van der Waals surface area contributed by atoms with Gasteiger partial charge in [-0.15, -0.1) is 0 Å². The average Bonchev–Trinajstić information content (AvgIpc) is 2.19. The Morgan fingerprint density at radius 1 is 1.29 bits per heavy atom. The van der Waals surface area contributed by atoms with E-state index in [4.69, 9.17) is 11.6 Å². The van der Waals surface area contributed by atoms with Crippen molar-refractivity contribution < 1.29 is 0 Å². The van der Waals surface area contributed by atoms with Crippen LogP contribution in [0.4, 0.5) is 0 Å². The Hall–Kier alpha value is -1.08. The van der Waals surface area contributed by atoms with Crippen molar-refractivity contribution >= 4 is 22.5 Å². The first kappa shape index (κ1) is 9.47. The van der Waals surface area contributed by atoms with Crippen molar-refractivity contribution in [2.45, 2.75) is 19.8 Å². The smallest absolute Gasteiger partial charge is 0.0706 e. The van der Waals surface area contributed by atoms with Gasteiger partial charge in [0.1, 0.15) is 0 Å². The zero-order valence-corrected chi connectivity index (χ0v) is 8.88. The van der Waals surface area contributed by atoms with Gasteiger partial charge < -0.3 is 0 Å². The fourth-order valence-corrected chi connectivity index (χ4v) is 1.80. The van der Waals surface area contributed by atoms with Crippen LogP contribution in [0.25, 0.3) is 10.9 Å². The predicted molar refractivity (Wildman–Crippen MR) is 60.7 cm³/mol. The fourth-order valence-electron chi connectivity index (χ4n) is 1.54. The molecule has 0 atom stereocenters. The third-order valence-corrected chi connectivity index (χ3v) is 2.56. The number of rotatable bonds is 2. The number of pyridine rings is 1. The second-order valence-electron chi connectivity index (χ2n) is 3.36. The molecule has 0 saturated carbocycles. The number of aryl methyl sites for hydroxylation is 1. The highest BCUT2D eigenvalue weighted by atomic mass is 35.5. The molecule has 0 amide bonds. The summed E-state index contributed by atoms with van der Waals surface area (Å²) in [5.74, 6) is 0. The van der Waals surface area contributed by atoms with Crippen LogP contribution < -0.4 is 0 Å². The monoisotopic (exact) mass is 205 g/mol. The van der Waals surface area contributed by atoms with Crippen molar-refractivity contribution in [2.75, 3.05) is 0 Å². The number of fused-ring (bicyclic) bond motifs is 1. The van der Waals surface area contributed by atoms with Crippen LogP contribution in [0.5, 0.6) is 0 Å². The molecule has 0 aliphatic rings. The summed E-state index contributed by atoms with van der Waals surface area (Å²) in [6.07, 6.45) is 2.02. The van der Waals surface area contributed by atoms with Crippen molar-refractivity contribution in [3.63, 3.8) is 0 Å². The van der Waals surface area contributed by atoms with Crippen molar-refractivity contribution in [2.24, 2.45) is 0 Å². The highest BCUT2D eigenvalue weighted by molar-refractivity contribution is 6.31. The first-order chi connectivity index (χ1) is 6.81. The normalized spacial score (nSPS) is 10.7. The van der Waals surface area contributed by atoms with Crippen LogP contribution in [-0.2, 0) is 6.42 Å². The Morgan fingerprint density at radius 2 is 2.07 bits per heavy atom. The van der Waals surface area contributed by atoms with Crippen LogP contribution in [-0.4, -0.2) is 4.98 Å². The molecule has 72 valence electrons. The minimum absolute atomic E-state index is 0.783. The molecule has 0 radical (unpaired) electrons. The van der Waals surface area contributed by atoms with E-state index in [1.807, 2.05) is 30.3 Å². The molecule has 2 heteroatoms. The number of para-hydroxylation sites is 1. The molecule has 0 saturated heterocycles. The summed E-state index contributed by atoms with van der Waals surface area (Å²) in [6, 6.07) is 10.0. The minimum Gasteiger partial charge on any atom is -0.251 e. The molecule has 2 rings (SSSR count). The van der Waals surface area contributed by atoms with Gasteiger partial charge in [0.15, 0.2) is 0 Å². The van der Waals surface area contributed by atoms with Crippen molar-refractivity contribution in [3.8, 4) is 0 Å². The van der Waals surface area contributed by atoms with E-state index in [9.17, 15) is 0 Å². The molecular weight excluding hydrogens is 194 g/mol. The van der Waals surface area contributed by atoms with Gasteiger partial charge >= 0.3 is 0 Å². The molecule has 0 unspecified atom stereocenters. The summed E-state index contributed by atoms with van der Waals surface area (Å²) in [4.78, 5) is 4.53. The van der Waals surface area contributed by atoms with Crippen molar-refractivity contribution in [1.82, 2.24) is 4.98 Å². The summed E-state index contributed by atoms with van der Waals surface area (Å²) >= 11 is 6.12. The lowest BCUT2D eigenvalue weighted by molar-refractivity contribution is 0.890. The van der Waals surface area contributed by atoms with Gasteiger partial charge in [-0.1, -0.05) is 43.1 Å². The Bertz CT molecular complexity index is 451. The molecule has 14 heavy (non-hydrogen) atoms. The molecule has 1 nitrogen and oxygen atoms in total. The maximum atomic E-state index is 6.12. The molecule has 1 heterocycles. The topological polar surface area (TPSA) is 12.9 Å². The lowest BCUT2D eigenvalue weighted by atomic mass is 10.1. The van der Waals surface area contributed by atoms with E-state index in [1.165, 1.54) is 0 Å². The van der Waals surface area contributed by atoms with Gasteiger partial charge in [-0.05, 0) is 18.6 Å². The van der Waals surface area contributed by atoms with E-state index in [0.29, 0.717) is 0 Å². The molecule has 0 spiro atoms.